The van der Waals surface area contributed by atoms with Crippen LogP contribution in [0.2, 0.25) is 15.1 Å². The fraction of sp³-hybridized carbons (Fsp3) is 0.0952. The molecule has 0 aliphatic rings. The summed E-state index contributed by atoms with van der Waals surface area (Å²) in [5.41, 5.74) is 1.26. The molecule has 5 nitrogen and oxygen atoms in total. The molecule has 0 aliphatic heterocycles. The molecule has 3 aromatic rings. The predicted octanol–water partition coefficient (Wildman–Crippen LogP) is 6.05. The lowest BCUT2D eigenvalue weighted by atomic mass is 10.1. The van der Waals surface area contributed by atoms with Crippen LogP contribution >= 0.6 is 34.8 Å². The average molecular weight is 467 g/mol. The fourth-order valence-corrected chi connectivity index (χ4v) is 3.49. The van der Waals surface area contributed by atoms with Crippen molar-refractivity contribution >= 4 is 63.8 Å². The van der Waals surface area contributed by atoms with E-state index in [0.717, 1.165) is 6.07 Å². The number of hydrogen-bond donors (Lipinski definition) is 1. The second-order valence-electron chi connectivity index (χ2n) is 6.28. The second-order valence-corrected chi connectivity index (χ2v) is 7.50. The lowest BCUT2D eigenvalue weighted by molar-refractivity contribution is -0.116. The van der Waals surface area contributed by atoms with Gasteiger partial charge in [-0.05, 0) is 42.0 Å². The van der Waals surface area contributed by atoms with Gasteiger partial charge in [0.15, 0.2) is 0 Å². The molecule has 0 saturated carbocycles. The van der Waals surface area contributed by atoms with Crippen LogP contribution in [0.15, 0.2) is 54.7 Å². The minimum Gasteiger partial charge on any atom is -0.326 e. The molecule has 0 atom stereocenters. The van der Waals surface area contributed by atoms with Crippen LogP contribution in [-0.4, -0.2) is 16.8 Å². The minimum absolute atomic E-state index is 0.0276. The monoisotopic (exact) mass is 465 g/mol. The summed E-state index contributed by atoms with van der Waals surface area (Å²) >= 11 is 18.1. The van der Waals surface area contributed by atoms with E-state index in [1.807, 2.05) is 0 Å². The Balaban J connectivity index is 1.84. The van der Waals surface area contributed by atoms with Gasteiger partial charge in [-0.2, -0.15) is 0 Å². The first-order valence-corrected chi connectivity index (χ1v) is 9.84. The highest BCUT2D eigenvalue weighted by Crippen LogP contribution is 2.30. The lowest BCUT2D eigenvalue weighted by Crippen LogP contribution is -2.24. The SMILES string of the molecule is CC(=O)N(c1ccc(F)c(Cl)c1)c1cc(NC(=O)Cc2c(Cl)cccc2Cl)ccn1. The lowest BCUT2D eigenvalue weighted by Gasteiger charge is -2.21. The van der Waals surface area contributed by atoms with Gasteiger partial charge in [0.05, 0.1) is 17.1 Å². The summed E-state index contributed by atoms with van der Waals surface area (Å²) < 4.78 is 13.5. The Morgan fingerprint density at radius 3 is 2.37 bits per heavy atom. The van der Waals surface area contributed by atoms with Crippen molar-refractivity contribution in [3.05, 3.63) is 81.2 Å². The minimum atomic E-state index is -0.601. The molecular formula is C21H15Cl3FN3O2. The highest BCUT2D eigenvalue weighted by molar-refractivity contribution is 6.36. The number of anilines is 3. The van der Waals surface area contributed by atoms with Crippen LogP contribution in [0.25, 0.3) is 0 Å². The number of carbonyl (C=O) groups is 2. The summed E-state index contributed by atoms with van der Waals surface area (Å²) in [6.45, 7) is 1.34. The first-order valence-electron chi connectivity index (χ1n) is 8.71. The summed E-state index contributed by atoms with van der Waals surface area (Å²) in [4.78, 5) is 30.1. The van der Waals surface area contributed by atoms with Gasteiger partial charge < -0.3 is 5.32 Å². The molecular weight excluding hydrogens is 452 g/mol. The fourth-order valence-electron chi connectivity index (χ4n) is 2.78. The Kier molecular flexibility index (Phi) is 6.92. The zero-order chi connectivity index (χ0) is 21.8. The van der Waals surface area contributed by atoms with Gasteiger partial charge in [0.2, 0.25) is 11.8 Å². The van der Waals surface area contributed by atoms with Crippen molar-refractivity contribution < 1.29 is 14.0 Å². The molecule has 0 spiro atoms. The maximum absolute atomic E-state index is 13.5. The molecule has 0 saturated heterocycles. The normalized spacial score (nSPS) is 10.6. The van der Waals surface area contributed by atoms with Crippen LogP contribution in [0.4, 0.5) is 21.6 Å². The summed E-state index contributed by atoms with van der Waals surface area (Å²) in [6.07, 6.45) is 1.41. The Morgan fingerprint density at radius 1 is 1.03 bits per heavy atom. The maximum Gasteiger partial charge on any atom is 0.229 e. The summed E-state index contributed by atoms with van der Waals surface area (Å²) in [6, 6.07) is 12.0. The Bertz CT molecular complexity index is 1100. The number of nitrogens with one attached hydrogen (secondary N) is 1. The topological polar surface area (TPSA) is 62.3 Å². The van der Waals surface area contributed by atoms with Gasteiger partial charge in [0.1, 0.15) is 11.6 Å². The van der Waals surface area contributed by atoms with E-state index in [9.17, 15) is 14.0 Å². The van der Waals surface area contributed by atoms with E-state index >= 15 is 0 Å². The first kappa shape index (κ1) is 22.0. The van der Waals surface area contributed by atoms with Crippen LogP contribution in [0.1, 0.15) is 12.5 Å². The Labute approximate surface area is 187 Å². The molecule has 2 amide bonds. The standard InChI is InChI=1S/C21H15Cl3FN3O2/c1-12(29)28(14-5-6-19(25)18(24)10-14)20-9-13(7-8-26-20)27-21(30)11-15-16(22)3-2-4-17(15)23/h2-10H,11H2,1H3,(H,26,27,30). The van der Waals surface area contributed by atoms with Crippen LogP contribution in [0, 0.1) is 5.82 Å². The third-order valence-electron chi connectivity index (χ3n) is 4.13. The molecule has 0 bridgehead atoms. The molecule has 1 heterocycles. The zero-order valence-electron chi connectivity index (χ0n) is 15.6. The van der Waals surface area contributed by atoms with Crippen LogP contribution in [0.5, 0.6) is 0 Å². The van der Waals surface area contributed by atoms with Gasteiger partial charge in [0.25, 0.3) is 0 Å². The molecule has 3 rings (SSSR count). The van der Waals surface area contributed by atoms with E-state index in [4.69, 9.17) is 34.8 Å². The number of carbonyl (C=O) groups excluding carboxylic acids is 2. The zero-order valence-corrected chi connectivity index (χ0v) is 17.9. The van der Waals surface area contributed by atoms with Gasteiger partial charge in [0, 0.05) is 34.9 Å². The number of nitrogens with zero attached hydrogens (tertiary/aromatic N) is 2. The van der Waals surface area contributed by atoms with E-state index in [1.165, 1.54) is 36.2 Å². The smallest absolute Gasteiger partial charge is 0.229 e. The Morgan fingerprint density at radius 2 is 1.73 bits per heavy atom. The second kappa shape index (κ2) is 9.43. The summed E-state index contributed by atoms with van der Waals surface area (Å²) in [7, 11) is 0. The van der Waals surface area contributed by atoms with Crippen molar-refractivity contribution in [3.63, 3.8) is 0 Å². The van der Waals surface area contributed by atoms with Crippen molar-refractivity contribution in [2.45, 2.75) is 13.3 Å². The summed E-state index contributed by atoms with van der Waals surface area (Å²) in [5.74, 6) is -1.08. The van der Waals surface area contributed by atoms with Crippen LogP contribution in [0.3, 0.4) is 0 Å². The molecule has 0 unspecified atom stereocenters. The summed E-state index contributed by atoms with van der Waals surface area (Å²) in [5, 5.41) is 3.39. The van der Waals surface area contributed by atoms with Crippen molar-refractivity contribution in [1.29, 1.82) is 0 Å². The highest BCUT2D eigenvalue weighted by atomic mass is 35.5. The number of pyridine rings is 1. The maximum atomic E-state index is 13.5. The molecule has 9 heteroatoms. The van der Waals surface area contributed by atoms with Gasteiger partial charge in [-0.1, -0.05) is 40.9 Å². The predicted molar refractivity (Wildman–Crippen MR) is 117 cm³/mol. The molecule has 0 radical (unpaired) electrons. The quantitative estimate of drug-likeness (QED) is 0.498. The largest absolute Gasteiger partial charge is 0.326 e. The van der Waals surface area contributed by atoms with Gasteiger partial charge in [-0.3, -0.25) is 14.5 Å². The van der Waals surface area contributed by atoms with Gasteiger partial charge in [-0.15, -0.1) is 0 Å². The molecule has 0 aliphatic carbocycles. The third kappa shape index (κ3) is 5.08. The average Bonchev–Trinajstić information content (AvgIpc) is 2.68. The highest BCUT2D eigenvalue weighted by Gasteiger charge is 2.18. The third-order valence-corrected chi connectivity index (χ3v) is 5.13. The number of hydrogen-bond acceptors (Lipinski definition) is 3. The van der Waals surface area contributed by atoms with Gasteiger partial charge >= 0.3 is 0 Å². The van der Waals surface area contributed by atoms with E-state index in [1.54, 1.807) is 24.3 Å². The van der Waals surface area contributed by atoms with Crippen molar-refractivity contribution in [2.75, 3.05) is 10.2 Å². The molecule has 1 aromatic heterocycles. The number of rotatable bonds is 5. The molecule has 0 fully saturated rings. The first-order chi connectivity index (χ1) is 14.3. The number of halogens is 4. The van der Waals surface area contributed by atoms with Crippen molar-refractivity contribution in [1.82, 2.24) is 4.98 Å². The van der Waals surface area contributed by atoms with E-state index in [-0.39, 0.29) is 29.1 Å². The molecule has 30 heavy (non-hydrogen) atoms. The van der Waals surface area contributed by atoms with E-state index < -0.39 is 5.82 Å². The number of benzene rings is 2. The number of amides is 2. The molecule has 1 N–H and O–H groups in total. The van der Waals surface area contributed by atoms with E-state index in [2.05, 4.69) is 10.3 Å². The van der Waals surface area contributed by atoms with Crippen LogP contribution < -0.4 is 10.2 Å². The van der Waals surface area contributed by atoms with Crippen molar-refractivity contribution in [3.8, 4) is 0 Å². The molecule has 2 aromatic carbocycles. The van der Waals surface area contributed by atoms with Gasteiger partial charge in [-0.25, -0.2) is 9.37 Å². The molecule has 154 valence electrons. The van der Waals surface area contributed by atoms with Crippen LogP contribution in [-0.2, 0) is 16.0 Å². The van der Waals surface area contributed by atoms with E-state index in [0.29, 0.717) is 27.0 Å². The number of aromatic nitrogens is 1. The van der Waals surface area contributed by atoms with Crippen molar-refractivity contribution in [2.24, 2.45) is 0 Å². The Hall–Kier alpha value is -2.67.